The van der Waals surface area contributed by atoms with E-state index in [0.29, 0.717) is 62.4 Å². The van der Waals surface area contributed by atoms with E-state index in [4.69, 9.17) is 19.4 Å². The molecule has 8 heteroatoms. The van der Waals surface area contributed by atoms with Gasteiger partial charge >= 0.3 is 0 Å². The summed E-state index contributed by atoms with van der Waals surface area (Å²) in [7, 11) is 3.27. The van der Waals surface area contributed by atoms with Crippen molar-refractivity contribution in [1.29, 1.82) is 0 Å². The third-order valence-electron chi connectivity index (χ3n) is 8.27. The quantitative estimate of drug-likeness (QED) is 0.274. The third kappa shape index (κ3) is 5.92. The molecule has 8 nitrogen and oxygen atoms in total. The number of hydrogen-bond acceptors (Lipinski definition) is 7. The summed E-state index contributed by atoms with van der Waals surface area (Å²) in [5, 5.41) is 7.74. The first-order valence-electron chi connectivity index (χ1n) is 14.4. The zero-order valence-corrected chi connectivity index (χ0v) is 23.7. The van der Waals surface area contributed by atoms with Crippen LogP contribution in [0.4, 0.5) is 11.8 Å². The van der Waals surface area contributed by atoms with Gasteiger partial charge in [0.15, 0.2) is 11.5 Å². The molecule has 0 bridgehead atoms. The number of nitrogens with one attached hydrogen (secondary N) is 2. The minimum absolute atomic E-state index is 0.109. The average Bonchev–Trinajstić information content (AvgIpc) is 3.84. The van der Waals surface area contributed by atoms with Crippen molar-refractivity contribution >= 4 is 28.6 Å². The summed E-state index contributed by atoms with van der Waals surface area (Å²) in [6.45, 7) is 1.90. The number of nitrogens with zero attached hydrogens (tertiary/aromatic N) is 3. The summed E-state index contributed by atoms with van der Waals surface area (Å²) in [4.78, 5) is 26.0. The van der Waals surface area contributed by atoms with Crippen LogP contribution >= 0.6 is 0 Å². The largest absolute Gasteiger partial charge is 0.493 e. The Balaban J connectivity index is 1.26. The summed E-state index contributed by atoms with van der Waals surface area (Å²) in [5.74, 6) is 2.89. The Kier molecular flexibility index (Phi) is 7.63. The highest BCUT2D eigenvalue weighted by Crippen LogP contribution is 2.39. The van der Waals surface area contributed by atoms with Gasteiger partial charge in [0.1, 0.15) is 5.82 Å². The Morgan fingerprint density at radius 3 is 2.17 bits per heavy atom. The lowest BCUT2D eigenvalue weighted by Crippen LogP contribution is -2.50. The van der Waals surface area contributed by atoms with Crippen molar-refractivity contribution in [1.82, 2.24) is 15.3 Å². The van der Waals surface area contributed by atoms with Crippen LogP contribution in [0.5, 0.6) is 11.5 Å². The first-order chi connectivity index (χ1) is 20.1. The van der Waals surface area contributed by atoms with E-state index >= 15 is 0 Å². The number of carbonyl (C=O) groups is 1. The van der Waals surface area contributed by atoms with E-state index in [0.717, 1.165) is 35.1 Å². The van der Waals surface area contributed by atoms with Crippen molar-refractivity contribution < 1.29 is 14.3 Å². The second-order valence-electron chi connectivity index (χ2n) is 11.1. The summed E-state index contributed by atoms with van der Waals surface area (Å²) in [6, 6.07) is 24.7. The Morgan fingerprint density at radius 1 is 0.902 bits per heavy atom. The highest BCUT2D eigenvalue weighted by atomic mass is 16.5. The first kappa shape index (κ1) is 26.9. The molecule has 2 fully saturated rings. The molecule has 1 aliphatic heterocycles. The molecule has 0 unspecified atom stereocenters. The molecular formula is C33H37N5O3. The van der Waals surface area contributed by atoms with E-state index in [2.05, 4.69) is 27.7 Å². The van der Waals surface area contributed by atoms with Crippen LogP contribution in [0, 0.1) is 5.41 Å². The van der Waals surface area contributed by atoms with Crippen LogP contribution in [0.25, 0.3) is 10.9 Å². The van der Waals surface area contributed by atoms with Gasteiger partial charge in [-0.2, -0.15) is 4.98 Å². The van der Waals surface area contributed by atoms with Gasteiger partial charge in [0.05, 0.1) is 25.2 Å². The molecule has 41 heavy (non-hydrogen) atoms. The second-order valence-corrected chi connectivity index (χ2v) is 11.1. The number of benzene rings is 3. The smallest absolute Gasteiger partial charge is 0.227 e. The topological polar surface area (TPSA) is 88.6 Å². The molecule has 0 radical (unpaired) electrons. The number of anilines is 2. The molecule has 1 aliphatic carbocycles. The molecule has 4 aromatic rings. The summed E-state index contributed by atoms with van der Waals surface area (Å²) in [5.41, 5.74) is 2.57. The van der Waals surface area contributed by atoms with Gasteiger partial charge in [0.2, 0.25) is 11.9 Å². The molecule has 2 N–H and O–H groups in total. The van der Waals surface area contributed by atoms with Gasteiger partial charge in [-0.3, -0.25) is 4.79 Å². The minimum atomic E-state index is -0.505. The van der Waals surface area contributed by atoms with Gasteiger partial charge in [-0.05, 0) is 49.3 Å². The van der Waals surface area contributed by atoms with E-state index in [1.54, 1.807) is 14.2 Å². The van der Waals surface area contributed by atoms with Gasteiger partial charge < -0.3 is 25.0 Å². The van der Waals surface area contributed by atoms with Gasteiger partial charge in [-0.1, -0.05) is 60.7 Å². The number of rotatable bonds is 10. The van der Waals surface area contributed by atoms with Crippen LogP contribution in [0.1, 0.15) is 36.8 Å². The zero-order chi connectivity index (χ0) is 28.2. The Morgan fingerprint density at radius 2 is 1.54 bits per heavy atom. The van der Waals surface area contributed by atoms with Crippen molar-refractivity contribution in [2.24, 2.45) is 5.41 Å². The number of fused-ring (bicyclic) bond motifs is 1. The van der Waals surface area contributed by atoms with Crippen molar-refractivity contribution in [2.75, 3.05) is 37.5 Å². The number of piperidine rings is 1. The molecule has 212 valence electrons. The maximum absolute atomic E-state index is 13.8. The monoisotopic (exact) mass is 551 g/mol. The van der Waals surface area contributed by atoms with Crippen LogP contribution in [0.2, 0.25) is 0 Å². The van der Waals surface area contributed by atoms with Crippen molar-refractivity contribution in [3.63, 3.8) is 0 Å². The zero-order valence-electron chi connectivity index (χ0n) is 23.7. The van der Waals surface area contributed by atoms with Crippen molar-refractivity contribution in [3.05, 3.63) is 83.9 Å². The molecule has 0 spiro atoms. The van der Waals surface area contributed by atoms with Crippen LogP contribution in [0.15, 0.2) is 72.8 Å². The van der Waals surface area contributed by atoms with Crippen LogP contribution in [-0.4, -0.2) is 49.2 Å². The van der Waals surface area contributed by atoms with Crippen LogP contribution in [-0.2, 0) is 17.8 Å². The molecule has 2 aliphatic rings. The molecule has 1 amide bonds. The predicted octanol–water partition coefficient (Wildman–Crippen LogP) is 5.37. The Labute approximate surface area is 241 Å². The van der Waals surface area contributed by atoms with Crippen LogP contribution < -0.4 is 25.0 Å². The highest BCUT2D eigenvalue weighted by molar-refractivity contribution is 5.93. The van der Waals surface area contributed by atoms with Gasteiger partial charge in [-0.15, -0.1) is 0 Å². The van der Waals surface area contributed by atoms with E-state index in [9.17, 15) is 4.79 Å². The van der Waals surface area contributed by atoms with Crippen LogP contribution in [0.3, 0.4) is 0 Å². The maximum Gasteiger partial charge on any atom is 0.227 e. The standard InChI is InChI=1S/C33H37N5O3/c1-40-28-19-26-27(20-29(28)41-2)36-32(37-30(26)35-25-13-14-25)38-17-15-33(16-18-38,21-23-9-5-3-6-10-23)31(39)34-22-24-11-7-4-8-12-24/h3-12,19-20,25H,13-18,21-22H2,1-2H3,(H,34,39)(H,35,36,37). The maximum atomic E-state index is 13.8. The summed E-state index contributed by atoms with van der Waals surface area (Å²) >= 11 is 0. The predicted molar refractivity (Wildman–Crippen MR) is 162 cm³/mol. The number of methoxy groups -OCH3 is 2. The highest BCUT2D eigenvalue weighted by Gasteiger charge is 2.42. The molecule has 6 rings (SSSR count). The number of amides is 1. The fourth-order valence-corrected chi connectivity index (χ4v) is 5.69. The molecule has 3 aromatic carbocycles. The van der Waals surface area contributed by atoms with Crippen molar-refractivity contribution in [2.45, 2.75) is 44.7 Å². The van der Waals surface area contributed by atoms with E-state index in [1.165, 1.54) is 5.56 Å². The average molecular weight is 552 g/mol. The Bertz CT molecular complexity index is 1500. The van der Waals surface area contributed by atoms with Gasteiger partial charge in [0.25, 0.3) is 0 Å². The third-order valence-corrected chi connectivity index (χ3v) is 8.27. The number of ether oxygens (including phenoxy) is 2. The lowest BCUT2D eigenvalue weighted by molar-refractivity contribution is -0.132. The molecule has 2 heterocycles. The molecular weight excluding hydrogens is 514 g/mol. The molecule has 0 atom stereocenters. The summed E-state index contributed by atoms with van der Waals surface area (Å²) in [6.07, 6.45) is 4.39. The van der Waals surface area contributed by atoms with Crippen molar-refractivity contribution in [3.8, 4) is 11.5 Å². The van der Waals surface area contributed by atoms with Gasteiger partial charge in [0, 0.05) is 37.1 Å². The fourth-order valence-electron chi connectivity index (χ4n) is 5.69. The molecule has 1 saturated carbocycles. The lowest BCUT2D eigenvalue weighted by atomic mass is 9.73. The van der Waals surface area contributed by atoms with E-state index in [-0.39, 0.29) is 5.91 Å². The number of hydrogen-bond donors (Lipinski definition) is 2. The minimum Gasteiger partial charge on any atom is -0.493 e. The lowest BCUT2D eigenvalue weighted by Gasteiger charge is -2.41. The fraction of sp³-hybridized carbons (Fsp3) is 0.364. The molecule has 1 saturated heterocycles. The second kappa shape index (κ2) is 11.6. The molecule has 1 aromatic heterocycles. The summed E-state index contributed by atoms with van der Waals surface area (Å²) < 4.78 is 11.1. The Hall–Kier alpha value is -4.33. The SMILES string of the molecule is COc1cc2nc(N3CCC(Cc4ccccc4)(C(=O)NCc4ccccc4)CC3)nc(NC3CC3)c2cc1OC. The first-order valence-corrected chi connectivity index (χ1v) is 14.4. The van der Waals surface area contributed by atoms with E-state index in [1.807, 2.05) is 60.7 Å². The number of carbonyl (C=O) groups excluding carboxylic acids is 1. The number of aromatic nitrogens is 2. The van der Waals surface area contributed by atoms with Gasteiger partial charge in [-0.25, -0.2) is 4.98 Å². The van der Waals surface area contributed by atoms with E-state index < -0.39 is 5.41 Å². The normalized spacial score (nSPS) is 16.3.